The zero-order chi connectivity index (χ0) is 31.1. The number of fused-ring (bicyclic) bond motifs is 5. The molecule has 1 heterocycles. The van der Waals surface area contributed by atoms with E-state index in [9.17, 15) is 15.0 Å². The number of amides is 1. The Balaban J connectivity index is 0.00000400. The van der Waals surface area contributed by atoms with Crippen molar-refractivity contribution in [2.45, 2.75) is 104 Å². The first-order valence-corrected chi connectivity index (χ1v) is 18.2. The smallest absolute Gasteiger partial charge is 0.222 e. The van der Waals surface area contributed by atoms with Gasteiger partial charge in [-0.2, -0.15) is 0 Å². The fourth-order valence-electron chi connectivity index (χ4n) is 11.9. The van der Waals surface area contributed by atoms with Gasteiger partial charge >= 0.3 is 0 Å². The van der Waals surface area contributed by atoms with Crippen molar-refractivity contribution in [3.05, 3.63) is 42.0 Å². The second-order valence-corrected chi connectivity index (χ2v) is 16.6. The third-order valence-corrected chi connectivity index (χ3v) is 14.6. The van der Waals surface area contributed by atoms with Crippen LogP contribution in [0.15, 0.2) is 30.8 Å². The molecule has 5 aliphatic rings. The second-order valence-electron chi connectivity index (χ2n) is 16.6. The van der Waals surface area contributed by atoms with E-state index < -0.39 is 0 Å². The predicted octanol–water partition coefficient (Wildman–Crippen LogP) is 3.92. The van der Waals surface area contributed by atoms with Gasteiger partial charge in [0.2, 0.25) is 5.91 Å². The van der Waals surface area contributed by atoms with Crippen molar-refractivity contribution in [2.24, 2.45) is 46.3 Å². The lowest BCUT2D eigenvalue weighted by Crippen LogP contribution is -3.00. The molecular formula is C39H61ClN2O3. The molecule has 252 valence electrons. The average molecular weight is 641 g/mol. The summed E-state index contributed by atoms with van der Waals surface area (Å²) >= 11 is 0. The quantitative estimate of drug-likeness (QED) is 0.403. The van der Waals surface area contributed by atoms with E-state index in [0.29, 0.717) is 29.1 Å². The number of quaternary nitrogens is 1. The number of benzene rings is 1. The summed E-state index contributed by atoms with van der Waals surface area (Å²) in [4.78, 5) is 15.6. The van der Waals surface area contributed by atoms with E-state index >= 15 is 0 Å². The minimum absolute atomic E-state index is 0. The van der Waals surface area contributed by atoms with Gasteiger partial charge in [0.05, 0.1) is 38.9 Å². The van der Waals surface area contributed by atoms with Gasteiger partial charge in [-0.1, -0.05) is 57.7 Å². The molecule has 4 aliphatic carbocycles. The number of aliphatic hydroxyl groups excluding tert-OH is 2. The molecule has 6 rings (SSSR count). The van der Waals surface area contributed by atoms with Crippen molar-refractivity contribution in [3.63, 3.8) is 0 Å². The molecule has 1 saturated heterocycles. The molecule has 5 unspecified atom stereocenters. The zero-order valence-corrected chi connectivity index (χ0v) is 29.2. The summed E-state index contributed by atoms with van der Waals surface area (Å²) in [6.07, 6.45) is 14.9. The van der Waals surface area contributed by atoms with Crippen LogP contribution in [0, 0.1) is 46.3 Å². The third kappa shape index (κ3) is 6.67. The molecule has 2 N–H and O–H groups in total. The molecule has 4 saturated carbocycles. The SMILES string of the molecule is C=Cc1ccc(C[N+]2(CCO)CCN(C(=O)CCC(C)[C@H]3CCC4C5CCC6C[C@H](O)CC[C@]6(C)C5CC[C@@]43C)CC2)cc1.[Cl-]. The molecule has 45 heavy (non-hydrogen) atoms. The Kier molecular flexibility index (Phi) is 10.9. The molecule has 1 amide bonds. The summed E-state index contributed by atoms with van der Waals surface area (Å²) in [6, 6.07) is 8.59. The van der Waals surface area contributed by atoms with Gasteiger partial charge in [0.15, 0.2) is 0 Å². The third-order valence-electron chi connectivity index (χ3n) is 14.6. The van der Waals surface area contributed by atoms with Crippen LogP contribution in [-0.2, 0) is 11.3 Å². The van der Waals surface area contributed by atoms with Crippen molar-refractivity contribution >= 4 is 12.0 Å². The van der Waals surface area contributed by atoms with Gasteiger partial charge in [-0.15, -0.1) is 0 Å². The maximum atomic E-state index is 13.5. The fourth-order valence-corrected chi connectivity index (χ4v) is 11.9. The van der Waals surface area contributed by atoms with E-state index in [0.717, 1.165) is 98.2 Å². The van der Waals surface area contributed by atoms with Crippen molar-refractivity contribution in [2.75, 3.05) is 39.3 Å². The lowest BCUT2D eigenvalue weighted by molar-refractivity contribution is -0.944. The lowest BCUT2D eigenvalue weighted by Gasteiger charge is -2.61. The monoisotopic (exact) mass is 640 g/mol. The van der Waals surface area contributed by atoms with Crippen LogP contribution in [0.5, 0.6) is 0 Å². The van der Waals surface area contributed by atoms with E-state index in [4.69, 9.17) is 0 Å². The minimum atomic E-state index is -0.0643. The topological polar surface area (TPSA) is 60.8 Å². The Hall–Kier alpha value is -1.40. The number of carbonyl (C=O) groups is 1. The first-order chi connectivity index (χ1) is 21.1. The van der Waals surface area contributed by atoms with Crippen LogP contribution in [0.2, 0.25) is 0 Å². The highest BCUT2D eigenvalue weighted by Crippen LogP contribution is 2.68. The molecule has 0 radical (unpaired) electrons. The number of nitrogens with zero attached hydrogens (tertiary/aromatic N) is 2. The molecule has 6 heteroatoms. The summed E-state index contributed by atoms with van der Waals surface area (Å²) in [7, 11) is 0. The van der Waals surface area contributed by atoms with Crippen molar-refractivity contribution in [1.29, 1.82) is 0 Å². The number of aliphatic hydroxyl groups is 2. The zero-order valence-electron chi connectivity index (χ0n) is 28.4. The van der Waals surface area contributed by atoms with E-state index in [2.05, 4.69) is 56.5 Å². The molecule has 1 aliphatic heterocycles. The Morgan fingerprint density at radius 1 is 1.02 bits per heavy atom. The number of halogens is 1. The van der Waals surface area contributed by atoms with E-state index in [-0.39, 0.29) is 25.1 Å². The van der Waals surface area contributed by atoms with Crippen LogP contribution in [0.3, 0.4) is 0 Å². The highest BCUT2D eigenvalue weighted by atomic mass is 35.5. The summed E-state index contributed by atoms with van der Waals surface area (Å²) in [5.74, 6) is 4.96. The van der Waals surface area contributed by atoms with Crippen molar-refractivity contribution < 1.29 is 31.9 Å². The first kappa shape index (κ1) is 34.9. The molecular weight excluding hydrogens is 580 g/mol. The van der Waals surface area contributed by atoms with Crippen LogP contribution in [0.4, 0.5) is 0 Å². The van der Waals surface area contributed by atoms with Gasteiger partial charge in [0.25, 0.3) is 0 Å². The highest BCUT2D eigenvalue weighted by molar-refractivity contribution is 5.76. The van der Waals surface area contributed by atoms with E-state index in [1.54, 1.807) is 0 Å². The Labute approximate surface area is 279 Å². The molecule has 1 aromatic carbocycles. The fraction of sp³-hybridized carbons (Fsp3) is 0.769. The maximum absolute atomic E-state index is 13.5. The molecule has 0 bridgehead atoms. The van der Waals surface area contributed by atoms with Gasteiger partial charge in [0, 0.05) is 12.0 Å². The summed E-state index contributed by atoms with van der Waals surface area (Å²) in [6.45, 7) is 16.8. The molecule has 0 spiro atoms. The van der Waals surface area contributed by atoms with Crippen LogP contribution < -0.4 is 12.4 Å². The average Bonchev–Trinajstić information content (AvgIpc) is 3.38. The van der Waals surface area contributed by atoms with Crippen LogP contribution >= 0.6 is 0 Å². The standard InChI is InChI=1S/C39H61N2O3.ClH/c1-5-29-7-9-30(10-8-29)27-41(24-25-42)22-20-40(21-23-41)37(44)15-6-28(2)34-13-14-35-33-12-11-31-26-32(43)16-18-38(31,3)36(33)17-19-39(34,35)4;/h5,7-10,28,31-36,42-43H,1,6,11-27H2,2-4H3;1H/q+1;/p-1/t28?,31?,32-,33?,34-,35?,36?,38+,39-;/m1./s1. The molecule has 9 atom stereocenters. The highest BCUT2D eigenvalue weighted by Gasteiger charge is 2.60. The normalized spacial score (nSPS) is 37.8. The predicted molar refractivity (Wildman–Crippen MR) is 178 cm³/mol. The Bertz CT molecular complexity index is 1170. The Morgan fingerprint density at radius 2 is 1.71 bits per heavy atom. The summed E-state index contributed by atoms with van der Waals surface area (Å²) in [5.41, 5.74) is 3.29. The van der Waals surface area contributed by atoms with Gasteiger partial charge in [-0.3, -0.25) is 4.79 Å². The van der Waals surface area contributed by atoms with E-state index in [1.165, 1.54) is 50.5 Å². The number of piperazine rings is 1. The first-order valence-electron chi connectivity index (χ1n) is 18.2. The second kappa shape index (κ2) is 14.0. The number of hydrogen-bond acceptors (Lipinski definition) is 3. The molecule has 5 nitrogen and oxygen atoms in total. The van der Waals surface area contributed by atoms with Gasteiger partial charge < -0.3 is 32.0 Å². The van der Waals surface area contributed by atoms with Crippen molar-refractivity contribution in [1.82, 2.24) is 4.90 Å². The Morgan fingerprint density at radius 3 is 2.40 bits per heavy atom. The van der Waals surface area contributed by atoms with Crippen LogP contribution in [0.25, 0.3) is 6.08 Å². The van der Waals surface area contributed by atoms with Gasteiger partial charge in [0.1, 0.15) is 13.1 Å². The number of hydrogen-bond donors (Lipinski definition) is 2. The minimum Gasteiger partial charge on any atom is -1.00 e. The largest absolute Gasteiger partial charge is 1.00 e. The summed E-state index contributed by atoms with van der Waals surface area (Å²) < 4.78 is 0.856. The number of rotatable bonds is 9. The molecule has 0 aromatic heterocycles. The molecule has 1 aromatic rings. The van der Waals surface area contributed by atoms with Crippen LogP contribution in [-0.4, -0.2) is 70.9 Å². The number of carbonyl (C=O) groups excluding carboxylic acids is 1. The van der Waals surface area contributed by atoms with Gasteiger partial charge in [-0.05, 0) is 116 Å². The van der Waals surface area contributed by atoms with Crippen molar-refractivity contribution in [3.8, 4) is 0 Å². The maximum Gasteiger partial charge on any atom is 0.222 e. The van der Waals surface area contributed by atoms with Gasteiger partial charge in [-0.25, -0.2) is 0 Å². The van der Waals surface area contributed by atoms with E-state index in [1.807, 2.05) is 6.08 Å². The lowest BCUT2D eigenvalue weighted by atomic mass is 9.44. The molecule has 5 fully saturated rings. The van der Waals surface area contributed by atoms with Crippen LogP contribution in [0.1, 0.15) is 103 Å². The summed E-state index contributed by atoms with van der Waals surface area (Å²) in [5, 5.41) is 20.3.